The zero-order chi connectivity index (χ0) is 20.1. The van der Waals surface area contributed by atoms with Gasteiger partial charge in [0.2, 0.25) is 0 Å². The fourth-order valence-corrected chi connectivity index (χ4v) is 5.24. The molecule has 160 valence electrons. The number of nitrogens with zero attached hydrogens (tertiary/aromatic N) is 1. The van der Waals surface area contributed by atoms with E-state index in [4.69, 9.17) is 9.47 Å². The van der Waals surface area contributed by atoms with Crippen LogP contribution in [-0.2, 0) is 9.47 Å². The van der Waals surface area contributed by atoms with Gasteiger partial charge in [0.05, 0.1) is 12.7 Å². The third kappa shape index (κ3) is 6.44. The maximum absolute atomic E-state index is 6.53. The molecular weight excluding hydrogens is 334 g/mol. The van der Waals surface area contributed by atoms with Crippen molar-refractivity contribution in [3.8, 4) is 0 Å². The smallest absolute Gasteiger partial charge is 0.168 e. The molecule has 0 N–H and O–H groups in total. The van der Waals surface area contributed by atoms with E-state index in [9.17, 15) is 0 Å². The summed E-state index contributed by atoms with van der Waals surface area (Å²) in [6.45, 7) is 19.6. The SMILES string of the molecule is CCCC(C)(C)C1CCC2(CC1)OCC(CCN(CC(C)C)C(C)CC)O2. The molecule has 0 aromatic carbocycles. The Morgan fingerprint density at radius 3 is 2.33 bits per heavy atom. The van der Waals surface area contributed by atoms with E-state index in [1.807, 2.05) is 0 Å². The van der Waals surface area contributed by atoms with Gasteiger partial charge in [0.15, 0.2) is 5.79 Å². The molecular formula is C24H47NO2. The van der Waals surface area contributed by atoms with Crippen molar-refractivity contribution in [1.82, 2.24) is 4.90 Å². The lowest BCUT2D eigenvalue weighted by Crippen LogP contribution is -2.40. The van der Waals surface area contributed by atoms with Crippen LogP contribution in [-0.4, -0.2) is 42.5 Å². The topological polar surface area (TPSA) is 21.7 Å². The van der Waals surface area contributed by atoms with Crippen molar-refractivity contribution in [2.45, 2.75) is 118 Å². The summed E-state index contributed by atoms with van der Waals surface area (Å²) in [7, 11) is 0. The molecule has 2 fully saturated rings. The second-order valence-corrected chi connectivity index (χ2v) is 10.4. The number of rotatable bonds is 10. The molecule has 0 radical (unpaired) electrons. The van der Waals surface area contributed by atoms with Gasteiger partial charge < -0.3 is 14.4 Å². The van der Waals surface area contributed by atoms with Gasteiger partial charge >= 0.3 is 0 Å². The van der Waals surface area contributed by atoms with Crippen LogP contribution in [0.4, 0.5) is 0 Å². The summed E-state index contributed by atoms with van der Waals surface area (Å²) in [6.07, 6.45) is 9.90. The molecule has 1 aliphatic carbocycles. The third-order valence-corrected chi connectivity index (χ3v) is 7.21. The van der Waals surface area contributed by atoms with Gasteiger partial charge in [0.1, 0.15) is 0 Å². The lowest BCUT2D eigenvalue weighted by Gasteiger charge is -2.42. The molecule has 27 heavy (non-hydrogen) atoms. The molecule has 2 aliphatic rings. The molecule has 2 unspecified atom stereocenters. The average Bonchev–Trinajstić information content (AvgIpc) is 3.00. The van der Waals surface area contributed by atoms with Crippen molar-refractivity contribution in [2.75, 3.05) is 19.7 Å². The summed E-state index contributed by atoms with van der Waals surface area (Å²) in [4.78, 5) is 2.64. The Bertz CT molecular complexity index is 426. The first-order valence-corrected chi connectivity index (χ1v) is 11.8. The van der Waals surface area contributed by atoms with Crippen LogP contribution in [0.15, 0.2) is 0 Å². The fraction of sp³-hybridized carbons (Fsp3) is 1.00. The van der Waals surface area contributed by atoms with E-state index in [1.54, 1.807) is 0 Å². The van der Waals surface area contributed by atoms with Gasteiger partial charge in [0.25, 0.3) is 0 Å². The first kappa shape index (κ1) is 23.2. The predicted molar refractivity (Wildman–Crippen MR) is 115 cm³/mol. The monoisotopic (exact) mass is 381 g/mol. The summed E-state index contributed by atoms with van der Waals surface area (Å²) in [6, 6.07) is 0.653. The standard InChI is InChI=1S/C24H47NO2/c1-8-13-23(6,7)21-10-14-24(15-11-21)26-18-22(27-24)12-16-25(17-19(3)4)20(5)9-2/h19-22H,8-18H2,1-7H3. The number of hydrogen-bond donors (Lipinski definition) is 0. The molecule has 0 amide bonds. The number of hydrogen-bond acceptors (Lipinski definition) is 3. The maximum atomic E-state index is 6.53. The van der Waals surface area contributed by atoms with Gasteiger partial charge in [-0.2, -0.15) is 0 Å². The minimum Gasteiger partial charge on any atom is -0.347 e. The van der Waals surface area contributed by atoms with E-state index in [2.05, 4.69) is 53.4 Å². The van der Waals surface area contributed by atoms with Gasteiger partial charge in [-0.15, -0.1) is 0 Å². The molecule has 2 rings (SSSR count). The van der Waals surface area contributed by atoms with Gasteiger partial charge in [-0.05, 0) is 56.3 Å². The predicted octanol–water partition coefficient (Wildman–Crippen LogP) is 6.26. The maximum Gasteiger partial charge on any atom is 0.168 e. The van der Waals surface area contributed by atoms with Crippen molar-refractivity contribution in [2.24, 2.45) is 17.3 Å². The summed E-state index contributed by atoms with van der Waals surface area (Å²) < 4.78 is 12.8. The minimum atomic E-state index is -0.261. The quantitative estimate of drug-likeness (QED) is 0.446. The Kier molecular flexibility index (Phi) is 8.64. The van der Waals surface area contributed by atoms with Crippen LogP contribution in [0, 0.1) is 17.3 Å². The van der Waals surface area contributed by atoms with Crippen molar-refractivity contribution >= 4 is 0 Å². The van der Waals surface area contributed by atoms with Crippen LogP contribution < -0.4 is 0 Å². The molecule has 0 aromatic heterocycles. The van der Waals surface area contributed by atoms with E-state index < -0.39 is 0 Å². The highest BCUT2D eigenvalue weighted by Gasteiger charge is 2.46. The molecule has 1 spiro atoms. The lowest BCUT2D eigenvalue weighted by atomic mass is 9.68. The zero-order valence-electron chi connectivity index (χ0n) is 19.4. The molecule has 1 saturated heterocycles. The van der Waals surface area contributed by atoms with Crippen molar-refractivity contribution < 1.29 is 9.47 Å². The molecule has 3 nitrogen and oxygen atoms in total. The summed E-state index contributed by atoms with van der Waals surface area (Å²) in [5, 5.41) is 0. The van der Waals surface area contributed by atoms with Gasteiger partial charge in [0, 0.05) is 32.0 Å². The molecule has 2 atom stereocenters. The second kappa shape index (κ2) is 10.1. The Hall–Kier alpha value is -0.120. The van der Waals surface area contributed by atoms with Crippen LogP contribution in [0.25, 0.3) is 0 Å². The molecule has 0 aromatic rings. The van der Waals surface area contributed by atoms with E-state index in [0.717, 1.165) is 38.3 Å². The van der Waals surface area contributed by atoms with Crippen LogP contribution >= 0.6 is 0 Å². The normalized spacial score (nSPS) is 30.6. The molecule has 1 saturated carbocycles. The van der Waals surface area contributed by atoms with Crippen molar-refractivity contribution in [3.05, 3.63) is 0 Å². The van der Waals surface area contributed by atoms with Gasteiger partial charge in [-0.3, -0.25) is 0 Å². The third-order valence-electron chi connectivity index (χ3n) is 7.21. The van der Waals surface area contributed by atoms with E-state index >= 15 is 0 Å². The van der Waals surface area contributed by atoms with Crippen LogP contribution in [0.1, 0.15) is 99.8 Å². The summed E-state index contributed by atoms with van der Waals surface area (Å²) >= 11 is 0. The van der Waals surface area contributed by atoms with Crippen LogP contribution in [0.2, 0.25) is 0 Å². The summed E-state index contributed by atoms with van der Waals surface area (Å²) in [5.41, 5.74) is 0.460. The Morgan fingerprint density at radius 2 is 1.78 bits per heavy atom. The second-order valence-electron chi connectivity index (χ2n) is 10.4. The van der Waals surface area contributed by atoms with E-state index in [-0.39, 0.29) is 11.9 Å². The van der Waals surface area contributed by atoms with Crippen LogP contribution in [0.5, 0.6) is 0 Å². The first-order valence-electron chi connectivity index (χ1n) is 11.8. The highest BCUT2D eigenvalue weighted by atomic mass is 16.7. The highest BCUT2D eigenvalue weighted by molar-refractivity contribution is 4.90. The number of ether oxygens (including phenoxy) is 2. The first-order chi connectivity index (χ1) is 12.7. The molecule has 1 aliphatic heterocycles. The Morgan fingerprint density at radius 1 is 1.11 bits per heavy atom. The average molecular weight is 382 g/mol. The van der Waals surface area contributed by atoms with Gasteiger partial charge in [-0.1, -0.05) is 48.0 Å². The lowest BCUT2D eigenvalue weighted by molar-refractivity contribution is -0.197. The Labute approximate surface area is 169 Å². The zero-order valence-corrected chi connectivity index (χ0v) is 19.4. The van der Waals surface area contributed by atoms with Crippen molar-refractivity contribution in [3.63, 3.8) is 0 Å². The fourth-order valence-electron chi connectivity index (χ4n) is 5.24. The molecule has 3 heteroatoms. The largest absolute Gasteiger partial charge is 0.347 e. The molecule has 0 bridgehead atoms. The van der Waals surface area contributed by atoms with Crippen molar-refractivity contribution in [1.29, 1.82) is 0 Å². The van der Waals surface area contributed by atoms with Crippen LogP contribution in [0.3, 0.4) is 0 Å². The van der Waals surface area contributed by atoms with E-state index in [1.165, 1.54) is 38.6 Å². The minimum absolute atomic E-state index is 0.261. The van der Waals surface area contributed by atoms with Gasteiger partial charge in [-0.25, -0.2) is 0 Å². The highest BCUT2D eigenvalue weighted by Crippen LogP contribution is 2.47. The molecule has 1 heterocycles. The summed E-state index contributed by atoms with van der Waals surface area (Å²) in [5.74, 6) is 1.28. The van der Waals surface area contributed by atoms with E-state index in [0.29, 0.717) is 17.4 Å². The Balaban J connectivity index is 1.81.